The van der Waals surface area contributed by atoms with Crippen LogP contribution in [0, 0.1) is 5.82 Å². The van der Waals surface area contributed by atoms with Crippen molar-refractivity contribution in [2.24, 2.45) is 0 Å². The number of anilines is 1. The largest absolute Gasteiger partial charge is 0.490 e. The van der Waals surface area contributed by atoms with Gasteiger partial charge in [0.05, 0.1) is 17.3 Å². The van der Waals surface area contributed by atoms with Gasteiger partial charge in [0.25, 0.3) is 11.8 Å². The highest BCUT2D eigenvalue weighted by Gasteiger charge is 2.36. The molecule has 1 N–H and O–H groups in total. The summed E-state index contributed by atoms with van der Waals surface area (Å²) >= 11 is 6.47. The number of nitrogens with one attached hydrogen (secondary N) is 1. The summed E-state index contributed by atoms with van der Waals surface area (Å²) in [7, 11) is 0. The lowest BCUT2D eigenvalue weighted by Gasteiger charge is -2.26. The summed E-state index contributed by atoms with van der Waals surface area (Å²) < 4.78 is 24.9. The number of hydrogen-bond donors (Lipinski definition) is 1. The lowest BCUT2D eigenvalue weighted by atomic mass is 10.1. The molecule has 35 heavy (non-hydrogen) atoms. The maximum atomic E-state index is 13.3. The van der Waals surface area contributed by atoms with Crippen LogP contribution in [-0.4, -0.2) is 24.5 Å². The molecule has 0 spiro atoms. The Morgan fingerprint density at radius 3 is 2.40 bits per heavy atom. The molecule has 1 fully saturated rings. The van der Waals surface area contributed by atoms with Crippen LogP contribution in [0.25, 0.3) is 6.08 Å². The van der Waals surface area contributed by atoms with Crippen LogP contribution in [0.1, 0.15) is 18.1 Å². The quantitative estimate of drug-likeness (QED) is 0.364. The number of hydrogen-bond acceptors (Lipinski definition) is 5. The monoisotopic (exact) mass is 494 g/mol. The second-order valence-electron chi connectivity index (χ2n) is 7.47. The first-order valence-electron chi connectivity index (χ1n) is 10.7. The Morgan fingerprint density at radius 2 is 1.71 bits per heavy atom. The Morgan fingerprint density at radius 1 is 1.00 bits per heavy atom. The molecule has 0 aromatic heterocycles. The molecular formula is C26H20ClFN2O5. The van der Waals surface area contributed by atoms with Gasteiger partial charge in [-0.3, -0.25) is 14.9 Å². The van der Waals surface area contributed by atoms with Gasteiger partial charge in [-0.2, -0.15) is 0 Å². The molecule has 0 radical (unpaired) electrons. The zero-order valence-electron chi connectivity index (χ0n) is 18.6. The van der Waals surface area contributed by atoms with Gasteiger partial charge in [0.15, 0.2) is 11.5 Å². The van der Waals surface area contributed by atoms with Crippen molar-refractivity contribution in [3.05, 3.63) is 94.3 Å². The molecule has 0 unspecified atom stereocenters. The summed E-state index contributed by atoms with van der Waals surface area (Å²) in [6.07, 6.45) is 1.30. The fraction of sp³-hybridized carbons (Fsp3) is 0.115. The van der Waals surface area contributed by atoms with E-state index in [9.17, 15) is 18.8 Å². The first-order chi connectivity index (χ1) is 16.9. The topological polar surface area (TPSA) is 84.9 Å². The highest BCUT2D eigenvalue weighted by molar-refractivity contribution is 6.39. The minimum atomic E-state index is -0.929. The zero-order valence-corrected chi connectivity index (χ0v) is 19.3. The van der Waals surface area contributed by atoms with Crippen LogP contribution in [0.4, 0.5) is 14.9 Å². The van der Waals surface area contributed by atoms with Gasteiger partial charge in [-0.25, -0.2) is 14.1 Å². The molecule has 4 amide bonds. The minimum absolute atomic E-state index is 0.116. The normalized spacial score (nSPS) is 14.8. The van der Waals surface area contributed by atoms with Crippen molar-refractivity contribution >= 4 is 41.2 Å². The van der Waals surface area contributed by atoms with E-state index in [1.807, 2.05) is 30.3 Å². The summed E-state index contributed by atoms with van der Waals surface area (Å²) in [5.41, 5.74) is 1.14. The van der Waals surface area contributed by atoms with E-state index < -0.39 is 23.7 Å². The molecule has 0 saturated carbocycles. The number of imide groups is 2. The molecule has 3 aromatic carbocycles. The number of amides is 4. The molecule has 1 aliphatic rings. The van der Waals surface area contributed by atoms with E-state index in [4.69, 9.17) is 21.1 Å². The molecule has 0 aliphatic carbocycles. The third-order valence-electron chi connectivity index (χ3n) is 5.06. The molecule has 1 saturated heterocycles. The van der Waals surface area contributed by atoms with Crippen molar-refractivity contribution in [2.45, 2.75) is 13.5 Å². The van der Waals surface area contributed by atoms with Crippen LogP contribution >= 0.6 is 11.6 Å². The third-order valence-corrected chi connectivity index (χ3v) is 5.34. The number of urea groups is 1. The molecule has 0 bridgehead atoms. The summed E-state index contributed by atoms with van der Waals surface area (Å²) in [6.45, 7) is 2.38. The maximum Gasteiger partial charge on any atom is 0.335 e. The Hall–Kier alpha value is -4.17. The standard InChI is InChI=1S/C26H20ClFN2O5/c1-2-34-22-14-17(13-21(27)23(22)35-15-16-6-4-3-5-7-16)12-20-24(31)29-26(33)30(25(20)32)19-10-8-18(28)9-11-19/h3-14H,2,15H2,1H3,(H,29,31,33)/b20-12+. The van der Waals surface area contributed by atoms with Crippen molar-refractivity contribution in [2.75, 3.05) is 11.5 Å². The number of barbiturate groups is 1. The SMILES string of the molecule is CCOc1cc(/C=C2\C(=O)NC(=O)N(c3ccc(F)cc3)C2=O)cc(Cl)c1OCc1ccccc1. The lowest BCUT2D eigenvalue weighted by molar-refractivity contribution is -0.122. The lowest BCUT2D eigenvalue weighted by Crippen LogP contribution is -2.54. The fourth-order valence-electron chi connectivity index (χ4n) is 3.45. The second-order valence-corrected chi connectivity index (χ2v) is 7.88. The Kier molecular flexibility index (Phi) is 7.12. The Balaban J connectivity index is 1.66. The second kappa shape index (κ2) is 10.4. The molecular weight excluding hydrogens is 475 g/mol. The van der Waals surface area contributed by atoms with E-state index in [0.29, 0.717) is 23.7 Å². The number of halogens is 2. The van der Waals surface area contributed by atoms with Crippen molar-refractivity contribution in [1.29, 1.82) is 0 Å². The van der Waals surface area contributed by atoms with Gasteiger partial charge in [0, 0.05) is 0 Å². The maximum absolute atomic E-state index is 13.3. The van der Waals surface area contributed by atoms with Gasteiger partial charge in [0.1, 0.15) is 18.0 Å². The molecule has 7 nitrogen and oxygen atoms in total. The number of benzene rings is 3. The van der Waals surface area contributed by atoms with Gasteiger partial charge in [-0.05, 0) is 60.5 Å². The van der Waals surface area contributed by atoms with E-state index in [1.165, 1.54) is 24.3 Å². The highest BCUT2D eigenvalue weighted by atomic mass is 35.5. The van der Waals surface area contributed by atoms with E-state index in [1.54, 1.807) is 13.0 Å². The smallest absolute Gasteiger partial charge is 0.335 e. The van der Waals surface area contributed by atoms with Crippen LogP contribution in [0.15, 0.2) is 72.3 Å². The van der Waals surface area contributed by atoms with E-state index in [0.717, 1.165) is 22.6 Å². The van der Waals surface area contributed by atoms with Gasteiger partial charge in [0.2, 0.25) is 0 Å². The first-order valence-corrected chi connectivity index (χ1v) is 11.0. The number of ether oxygens (including phenoxy) is 2. The van der Waals surface area contributed by atoms with E-state index in [2.05, 4.69) is 5.32 Å². The van der Waals surface area contributed by atoms with Crippen LogP contribution in [0.3, 0.4) is 0 Å². The van der Waals surface area contributed by atoms with Gasteiger partial charge < -0.3 is 9.47 Å². The van der Waals surface area contributed by atoms with Crippen LogP contribution in [0.2, 0.25) is 5.02 Å². The number of nitrogens with zero attached hydrogens (tertiary/aromatic N) is 1. The van der Waals surface area contributed by atoms with Crippen molar-refractivity contribution in [3.63, 3.8) is 0 Å². The highest BCUT2D eigenvalue weighted by Crippen LogP contribution is 2.38. The predicted molar refractivity (Wildman–Crippen MR) is 129 cm³/mol. The summed E-state index contributed by atoms with van der Waals surface area (Å²) in [6, 6.07) is 16.4. The van der Waals surface area contributed by atoms with E-state index >= 15 is 0 Å². The van der Waals surface area contributed by atoms with Crippen molar-refractivity contribution in [3.8, 4) is 11.5 Å². The van der Waals surface area contributed by atoms with E-state index in [-0.39, 0.29) is 22.9 Å². The Bertz CT molecular complexity index is 1310. The average Bonchev–Trinajstić information content (AvgIpc) is 2.83. The zero-order chi connectivity index (χ0) is 24.9. The van der Waals surface area contributed by atoms with Crippen LogP contribution in [0.5, 0.6) is 11.5 Å². The summed E-state index contributed by atoms with van der Waals surface area (Å²) in [5, 5.41) is 2.34. The number of rotatable bonds is 7. The molecule has 9 heteroatoms. The van der Waals surface area contributed by atoms with Crippen molar-refractivity contribution < 1.29 is 28.2 Å². The average molecular weight is 495 g/mol. The van der Waals surface area contributed by atoms with Gasteiger partial charge in [-0.1, -0.05) is 41.9 Å². The molecule has 4 rings (SSSR count). The molecule has 1 heterocycles. The van der Waals surface area contributed by atoms with Gasteiger partial charge >= 0.3 is 6.03 Å². The fourth-order valence-corrected chi connectivity index (χ4v) is 3.73. The first kappa shape index (κ1) is 24.0. The molecule has 3 aromatic rings. The number of carbonyl (C=O) groups excluding carboxylic acids is 3. The van der Waals surface area contributed by atoms with Crippen LogP contribution in [-0.2, 0) is 16.2 Å². The molecule has 178 valence electrons. The summed E-state index contributed by atoms with van der Waals surface area (Å²) in [5.74, 6) is -1.60. The summed E-state index contributed by atoms with van der Waals surface area (Å²) in [4.78, 5) is 38.6. The molecule has 0 atom stereocenters. The minimum Gasteiger partial charge on any atom is -0.490 e. The predicted octanol–water partition coefficient (Wildman–Crippen LogP) is 5.12. The number of carbonyl (C=O) groups is 3. The molecule has 1 aliphatic heterocycles. The van der Waals surface area contributed by atoms with Crippen LogP contribution < -0.4 is 19.7 Å². The Labute approximate surface area is 205 Å². The van der Waals surface area contributed by atoms with Crippen molar-refractivity contribution in [1.82, 2.24) is 5.32 Å². The third kappa shape index (κ3) is 5.33. The van der Waals surface area contributed by atoms with Gasteiger partial charge in [-0.15, -0.1) is 0 Å².